The number of amides is 3. The molecule has 2 N–H and O–H groups in total. The number of hydrogen-bond acceptors (Lipinski definition) is 3. The zero-order valence-electron chi connectivity index (χ0n) is 11.3. The highest BCUT2D eigenvalue weighted by molar-refractivity contribution is 5.90. The van der Waals surface area contributed by atoms with E-state index in [9.17, 15) is 14.4 Å². The van der Waals surface area contributed by atoms with Crippen LogP contribution in [-0.4, -0.2) is 43.3 Å². The first-order valence-corrected chi connectivity index (χ1v) is 6.42. The smallest absolute Gasteiger partial charge is 0.249 e. The minimum absolute atomic E-state index is 0.140. The second-order valence-electron chi connectivity index (χ2n) is 4.71. The van der Waals surface area contributed by atoms with Gasteiger partial charge in [-0.25, -0.2) is 0 Å². The Morgan fingerprint density at radius 2 is 2.20 bits per heavy atom. The van der Waals surface area contributed by atoms with E-state index >= 15 is 0 Å². The summed E-state index contributed by atoms with van der Waals surface area (Å²) in [6.07, 6.45) is 1.21. The zero-order chi connectivity index (χ0) is 14.5. The van der Waals surface area contributed by atoms with Gasteiger partial charge in [-0.3, -0.25) is 14.4 Å². The third-order valence-corrected chi connectivity index (χ3v) is 3.36. The summed E-state index contributed by atoms with van der Waals surface area (Å²) < 4.78 is 0. The van der Waals surface area contributed by atoms with E-state index in [-0.39, 0.29) is 18.4 Å². The average molecular weight is 275 g/mol. The van der Waals surface area contributed by atoms with Gasteiger partial charge in [0.25, 0.3) is 0 Å². The Labute approximate surface area is 117 Å². The van der Waals surface area contributed by atoms with Gasteiger partial charge in [0.2, 0.25) is 18.2 Å². The van der Waals surface area contributed by atoms with Crippen molar-refractivity contribution in [3.05, 3.63) is 35.4 Å². The van der Waals surface area contributed by atoms with Crippen molar-refractivity contribution in [1.29, 1.82) is 0 Å². The third kappa shape index (κ3) is 2.96. The molecule has 6 heteroatoms. The highest BCUT2D eigenvalue weighted by atomic mass is 16.2. The molecule has 0 fully saturated rings. The number of rotatable bonds is 4. The minimum atomic E-state index is -0.695. The van der Waals surface area contributed by atoms with Crippen LogP contribution in [0.4, 0.5) is 0 Å². The molecular formula is C14H17N3O3. The molecule has 1 aromatic rings. The molecule has 20 heavy (non-hydrogen) atoms. The van der Waals surface area contributed by atoms with Crippen LogP contribution in [-0.2, 0) is 20.8 Å². The molecular weight excluding hydrogens is 258 g/mol. The molecule has 0 bridgehead atoms. The topological polar surface area (TPSA) is 78.5 Å². The molecule has 0 aromatic heterocycles. The lowest BCUT2D eigenvalue weighted by Crippen LogP contribution is -2.43. The summed E-state index contributed by atoms with van der Waals surface area (Å²) in [7, 11) is 1.72. The first kappa shape index (κ1) is 14.0. The van der Waals surface area contributed by atoms with Gasteiger partial charge in [-0.1, -0.05) is 24.3 Å². The van der Waals surface area contributed by atoms with Crippen LogP contribution in [0.5, 0.6) is 0 Å². The van der Waals surface area contributed by atoms with Crippen molar-refractivity contribution in [3.8, 4) is 0 Å². The Morgan fingerprint density at radius 3 is 2.95 bits per heavy atom. The first-order valence-electron chi connectivity index (χ1n) is 6.42. The van der Waals surface area contributed by atoms with E-state index in [1.807, 2.05) is 24.3 Å². The predicted octanol–water partition coefficient (Wildman–Crippen LogP) is -0.396. The van der Waals surface area contributed by atoms with E-state index in [1.54, 1.807) is 11.9 Å². The Morgan fingerprint density at radius 1 is 1.45 bits per heavy atom. The van der Waals surface area contributed by atoms with Crippen LogP contribution in [0.3, 0.4) is 0 Å². The number of nitrogens with zero attached hydrogens (tertiary/aromatic N) is 1. The standard InChI is InChI=1S/C14H17N3O3/c1-17-7-6-10-4-2-3-5-11(10)13(14(17)20)16-12(19)8-15-9-18/h2-5,9,13H,6-8H2,1H3,(H,15,18)(H,16,19). The first-order chi connectivity index (χ1) is 9.63. The fourth-order valence-electron chi connectivity index (χ4n) is 2.28. The lowest BCUT2D eigenvalue weighted by molar-refractivity contribution is -0.135. The molecule has 0 saturated heterocycles. The van der Waals surface area contributed by atoms with Crippen molar-refractivity contribution in [2.45, 2.75) is 12.5 Å². The van der Waals surface area contributed by atoms with Crippen molar-refractivity contribution in [2.24, 2.45) is 0 Å². The maximum Gasteiger partial charge on any atom is 0.249 e. The van der Waals surface area contributed by atoms with Gasteiger partial charge in [-0.15, -0.1) is 0 Å². The van der Waals surface area contributed by atoms with Crippen LogP contribution in [0.2, 0.25) is 0 Å². The maximum absolute atomic E-state index is 12.3. The van der Waals surface area contributed by atoms with Crippen molar-refractivity contribution in [3.63, 3.8) is 0 Å². The average Bonchev–Trinajstić information content (AvgIpc) is 2.58. The fraction of sp³-hybridized carbons (Fsp3) is 0.357. The third-order valence-electron chi connectivity index (χ3n) is 3.36. The molecule has 1 aliphatic heterocycles. The van der Waals surface area contributed by atoms with E-state index in [2.05, 4.69) is 10.6 Å². The summed E-state index contributed by atoms with van der Waals surface area (Å²) in [5, 5.41) is 4.96. The molecule has 1 aromatic carbocycles. The minimum Gasteiger partial charge on any atom is -0.350 e. The monoisotopic (exact) mass is 275 g/mol. The normalized spacial score (nSPS) is 17.9. The molecule has 106 valence electrons. The fourth-order valence-corrected chi connectivity index (χ4v) is 2.28. The van der Waals surface area contributed by atoms with E-state index in [4.69, 9.17) is 0 Å². The van der Waals surface area contributed by atoms with Gasteiger partial charge >= 0.3 is 0 Å². The molecule has 2 rings (SSSR count). The number of nitrogens with one attached hydrogen (secondary N) is 2. The molecule has 0 radical (unpaired) electrons. The van der Waals surface area contributed by atoms with E-state index in [1.165, 1.54) is 0 Å². The van der Waals surface area contributed by atoms with Gasteiger partial charge in [0.05, 0.1) is 6.54 Å². The van der Waals surface area contributed by atoms with Crippen LogP contribution in [0, 0.1) is 0 Å². The quantitative estimate of drug-likeness (QED) is 0.734. The van der Waals surface area contributed by atoms with Gasteiger partial charge in [0, 0.05) is 13.6 Å². The molecule has 1 heterocycles. The highest BCUT2D eigenvalue weighted by Gasteiger charge is 2.29. The summed E-state index contributed by atoms with van der Waals surface area (Å²) in [6.45, 7) is 0.480. The molecule has 6 nitrogen and oxygen atoms in total. The number of carbonyl (C=O) groups excluding carboxylic acids is 3. The zero-order valence-corrected chi connectivity index (χ0v) is 11.3. The number of benzene rings is 1. The maximum atomic E-state index is 12.3. The van der Waals surface area contributed by atoms with Crippen LogP contribution in [0.15, 0.2) is 24.3 Å². The summed E-state index contributed by atoms with van der Waals surface area (Å²) in [4.78, 5) is 35.9. The molecule has 0 aliphatic carbocycles. The van der Waals surface area contributed by atoms with Crippen molar-refractivity contribution in [2.75, 3.05) is 20.1 Å². The van der Waals surface area contributed by atoms with Crippen molar-refractivity contribution < 1.29 is 14.4 Å². The highest BCUT2D eigenvalue weighted by Crippen LogP contribution is 2.24. The largest absolute Gasteiger partial charge is 0.350 e. The lowest BCUT2D eigenvalue weighted by atomic mass is 9.99. The van der Waals surface area contributed by atoms with Crippen LogP contribution < -0.4 is 10.6 Å². The summed E-state index contributed by atoms with van der Waals surface area (Å²) in [6, 6.07) is 6.89. The van der Waals surface area contributed by atoms with Gasteiger partial charge in [-0.2, -0.15) is 0 Å². The molecule has 3 amide bonds. The Bertz CT molecular complexity index is 530. The molecule has 1 unspecified atom stereocenters. The molecule has 1 atom stereocenters. The number of fused-ring (bicyclic) bond motifs is 1. The lowest BCUT2D eigenvalue weighted by Gasteiger charge is -2.22. The Balaban J connectivity index is 2.24. The number of likely N-dealkylation sites (N-methyl/N-ethyl adjacent to an activating group) is 1. The van der Waals surface area contributed by atoms with Gasteiger partial charge in [0.15, 0.2) is 0 Å². The summed E-state index contributed by atoms with van der Waals surface area (Å²) in [5.74, 6) is -0.532. The van der Waals surface area contributed by atoms with E-state index in [0.717, 1.165) is 17.5 Å². The van der Waals surface area contributed by atoms with Crippen LogP contribution in [0.1, 0.15) is 17.2 Å². The molecule has 1 aliphatic rings. The predicted molar refractivity (Wildman–Crippen MR) is 72.7 cm³/mol. The second-order valence-corrected chi connectivity index (χ2v) is 4.71. The number of carbonyl (C=O) groups is 3. The second kappa shape index (κ2) is 6.18. The molecule has 0 spiro atoms. The SMILES string of the molecule is CN1CCc2ccccc2C(NC(=O)CNC=O)C1=O. The summed E-state index contributed by atoms with van der Waals surface area (Å²) >= 11 is 0. The Hall–Kier alpha value is -2.37. The summed E-state index contributed by atoms with van der Waals surface area (Å²) in [5.41, 5.74) is 1.88. The Kier molecular flexibility index (Phi) is 4.34. The van der Waals surface area contributed by atoms with Gasteiger partial charge in [-0.05, 0) is 17.5 Å². The van der Waals surface area contributed by atoms with Crippen LogP contribution >= 0.6 is 0 Å². The number of hydrogen-bond donors (Lipinski definition) is 2. The molecule has 0 saturated carbocycles. The van der Waals surface area contributed by atoms with Gasteiger partial charge < -0.3 is 15.5 Å². The van der Waals surface area contributed by atoms with E-state index < -0.39 is 6.04 Å². The van der Waals surface area contributed by atoms with Crippen molar-refractivity contribution in [1.82, 2.24) is 15.5 Å². The van der Waals surface area contributed by atoms with Gasteiger partial charge in [0.1, 0.15) is 6.04 Å². The van der Waals surface area contributed by atoms with Crippen LogP contribution in [0.25, 0.3) is 0 Å². The van der Waals surface area contributed by atoms with E-state index in [0.29, 0.717) is 13.0 Å². The van der Waals surface area contributed by atoms with Crippen molar-refractivity contribution >= 4 is 18.2 Å².